The molecule has 0 spiro atoms. The Morgan fingerprint density at radius 2 is 2.00 bits per heavy atom. The average molecular weight is 268 g/mol. The molecule has 3 unspecified atom stereocenters. The molecular formula is C14H24N2O3. The minimum absolute atomic E-state index is 0.0284. The normalized spacial score (nSPS) is 33.3. The van der Waals surface area contributed by atoms with E-state index in [0.717, 1.165) is 6.42 Å². The minimum Gasteiger partial charge on any atom is -0.376 e. The van der Waals surface area contributed by atoms with Crippen molar-refractivity contribution < 1.29 is 14.3 Å². The van der Waals surface area contributed by atoms with Crippen molar-refractivity contribution >= 4 is 11.8 Å². The van der Waals surface area contributed by atoms with Gasteiger partial charge >= 0.3 is 0 Å². The third kappa shape index (κ3) is 2.91. The summed E-state index contributed by atoms with van der Waals surface area (Å²) < 4.78 is 5.56. The predicted molar refractivity (Wildman–Crippen MR) is 71.5 cm³/mol. The van der Waals surface area contributed by atoms with Crippen molar-refractivity contribution in [2.24, 2.45) is 5.41 Å². The summed E-state index contributed by atoms with van der Waals surface area (Å²) in [5, 5.41) is 2.87. The van der Waals surface area contributed by atoms with Crippen LogP contribution in [0.4, 0.5) is 0 Å². The fourth-order valence-electron chi connectivity index (χ4n) is 2.84. The van der Waals surface area contributed by atoms with Crippen LogP contribution < -0.4 is 5.32 Å². The Labute approximate surface area is 114 Å². The lowest BCUT2D eigenvalue weighted by atomic mass is 9.85. The quantitative estimate of drug-likeness (QED) is 0.769. The molecule has 2 aliphatic rings. The van der Waals surface area contributed by atoms with Crippen LogP contribution >= 0.6 is 0 Å². The highest BCUT2D eigenvalue weighted by atomic mass is 16.5. The van der Waals surface area contributed by atoms with Gasteiger partial charge in [0.25, 0.3) is 0 Å². The van der Waals surface area contributed by atoms with Crippen LogP contribution in [-0.4, -0.2) is 48.1 Å². The number of ether oxygens (including phenoxy) is 1. The fraction of sp³-hybridized carbons (Fsp3) is 0.857. The van der Waals surface area contributed by atoms with Gasteiger partial charge < -0.3 is 15.0 Å². The SMILES string of the molecule is CC1OCCC1N1CCC(=O)NC(C(C)(C)C)C1=O. The lowest BCUT2D eigenvalue weighted by molar-refractivity contribution is -0.139. The Kier molecular flexibility index (Phi) is 3.85. The Morgan fingerprint density at radius 3 is 2.53 bits per heavy atom. The summed E-state index contributed by atoms with van der Waals surface area (Å²) in [6, 6.07) is -0.347. The van der Waals surface area contributed by atoms with E-state index in [1.54, 1.807) is 0 Å². The molecule has 2 fully saturated rings. The zero-order chi connectivity index (χ0) is 14.2. The first kappa shape index (κ1) is 14.3. The van der Waals surface area contributed by atoms with Crippen molar-refractivity contribution in [2.75, 3.05) is 13.2 Å². The molecule has 2 amide bonds. The molecule has 5 heteroatoms. The van der Waals surface area contributed by atoms with Crippen LogP contribution in [0.2, 0.25) is 0 Å². The number of nitrogens with one attached hydrogen (secondary N) is 1. The van der Waals surface area contributed by atoms with Crippen LogP contribution in [0, 0.1) is 5.41 Å². The lowest BCUT2D eigenvalue weighted by Gasteiger charge is -2.35. The van der Waals surface area contributed by atoms with E-state index in [1.807, 2.05) is 32.6 Å². The molecular weight excluding hydrogens is 244 g/mol. The highest BCUT2D eigenvalue weighted by Crippen LogP contribution is 2.27. The molecule has 5 nitrogen and oxygen atoms in total. The van der Waals surface area contributed by atoms with Gasteiger partial charge in [-0.15, -0.1) is 0 Å². The van der Waals surface area contributed by atoms with Crippen LogP contribution in [0.25, 0.3) is 0 Å². The molecule has 0 radical (unpaired) electrons. The molecule has 2 rings (SSSR count). The fourth-order valence-corrected chi connectivity index (χ4v) is 2.84. The zero-order valence-electron chi connectivity index (χ0n) is 12.2. The first-order valence-electron chi connectivity index (χ1n) is 7.02. The number of amides is 2. The second kappa shape index (κ2) is 5.12. The Bertz CT molecular complexity index is 375. The molecule has 19 heavy (non-hydrogen) atoms. The first-order chi connectivity index (χ1) is 8.80. The molecule has 0 bridgehead atoms. The van der Waals surface area contributed by atoms with Crippen LogP contribution in [-0.2, 0) is 14.3 Å². The van der Waals surface area contributed by atoms with Crippen molar-refractivity contribution in [3.05, 3.63) is 0 Å². The van der Waals surface area contributed by atoms with E-state index < -0.39 is 6.04 Å². The maximum atomic E-state index is 12.7. The minimum atomic E-state index is -0.449. The monoisotopic (exact) mass is 268 g/mol. The lowest BCUT2D eigenvalue weighted by Crippen LogP contribution is -2.55. The van der Waals surface area contributed by atoms with Crippen LogP contribution in [0.3, 0.4) is 0 Å². The van der Waals surface area contributed by atoms with E-state index in [9.17, 15) is 9.59 Å². The van der Waals surface area contributed by atoms with Crippen LogP contribution in [0.15, 0.2) is 0 Å². The van der Waals surface area contributed by atoms with E-state index in [2.05, 4.69) is 5.32 Å². The van der Waals surface area contributed by atoms with Gasteiger partial charge in [0.15, 0.2) is 0 Å². The summed E-state index contributed by atoms with van der Waals surface area (Å²) in [7, 11) is 0. The van der Waals surface area contributed by atoms with Crippen molar-refractivity contribution in [1.29, 1.82) is 0 Å². The second-order valence-electron chi connectivity index (χ2n) is 6.58. The maximum absolute atomic E-state index is 12.7. The molecule has 0 aromatic heterocycles. The number of carbonyl (C=O) groups is 2. The molecule has 2 aliphatic heterocycles. The van der Waals surface area contributed by atoms with E-state index >= 15 is 0 Å². The smallest absolute Gasteiger partial charge is 0.246 e. The summed E-state index contributed by atoms with van der Waals surface area (Å²) in [6.45, 7) is 9.12. The molecule has 2 saturated heterocycles. The number of hydrogen-bond acceptors (Lipinski definition) is 3. The molecule has 3 atom stereocenters. The predicted octanol–water partition coefficient (Wildman–Crippen LogP) is 0.927. The molecule has 0 aliphatic carbocycles. The number of carbonyl (C=O) groups excluding carboxylic acids is 2. The molecule has 0 aromatic carbocycles. The van der Waals surface area contributed by atoms with Gasteiger partial charge in [-0.1, -0.05) is 20.8 Å². The standard InChI is InChI=1S/C14H24N2O3/c1-9-10(6-8-19-9)16-7-5-11(17)15-12(13(16)18)14(2,3)4/h9-10,12H,5-8H2,1-4H3,(H,15,17). The van der Waals surface area contributed by atoms with E-state index in [-0.39, 0.29) is 29.4 Å². The maximum Gasteiger partial charge on any atom is 0.246 e. The summed E-state index contributed by atoms with van der Waals surface area (Å²) >= 11 is 0. The highest BCUT2D eigenvalue weighted by Gasteiger charge is 2.42. The van der Waals surface area contributed by atoms with E-state index in [0.29, 0.717) is 19.6 Å². The Hall–Kier alpha value is -1.10. The first-order valence-corrected chi connectivity index (χ1v) is 7.02. The van der Waals surface area contributed by atoms with Crippen LogP contribution in [0.1, 0.15) is 40.5 Å². The molecule has 0 aromatic rings. The van der Waals surface area contributed by atoms with Gasteiger partial charge in [-0.25, -0.2) is 0 Å². The molecule has 1 N–H and O–H groups in total. The third-order valence-electron chi connectivity index (χ3n) is 4.02. The van der Waals surface area contributed by atoms with Crippen molar-refractivity contribution in [2.45, 2.75) is 58.7 Å². The molecule has 0 saturated carbocycles. The molecule has 2 heterocycles. The summed E-state index contributed by atoms with van der Waals surface area (Å²) in [5.41, 5.74) is -0.280. The number of hydrogen-bond donors (Lipinski definition) is 1. The van der Waals surface area contributed by atoms with Crippen molar-refractivity contribution in [1.82, 2.24) is 10.2 Å². The van der Waals surface area contributed by atoms with Gasteiger partial charge in [-0.2, -0.15) is 0 Å². The Balaban J connectivity index is 2.23. The second-order valence-corrected chi connectivity index (χ2v) is 6.58. The van der Waals surface area contributed by atoms with Gasteiger partial charge in [0.2, 0.25) is 11.8 Å². The summed E-state index contributed by atoms with van der Waals surface area (Å²) in [6.07, 6.45) is 1.29. The van der Waals surface area contributed by atoms with Gasteiger partial charge in [-0.05, 0) is 18.8 Å². The van der Waals surface area contributed by atoms with Gasteiger partial charge in [0, 0.05) is 19.6 Å². The van der Waals surface area contributed by atoms with Gasteiger partial charge in [0.05, 0.1) is 12.1 Å². The highest BCUT2D eigenvalue weighted by molar-refractivity contribution is 5.90. The van der Waals surface area contributed by atoms with Crippen molar-refractivity contribution in [3.63, 3.8) is 0 Å². The molecule has 108 valence electrons. The number of rotatable bonds is 1. The Morgan fingerprint density at radius 1 is 1.32 bits per heavy atom. The third-order valence-corrected chi connectivity index (χ3v) is 4.02. The topological polar surface area (TPSA) is 58.6 Å². The van der Waals surface area contributed by atoms with Gasteiger partial charge in [0.1, 0.15) is 6.04 Å². The average Bonchev–Trinajstić information content (AvgIpc) is 2.64. The number of nitrogens with zero attached hydrogens (tertiary/aromatic N) is 1. The van der Waals surface area contributed by atoms with Crippen LogP contribution in [0.5, 0.6) is 0 Å². The summed E-state index contributed by atoms with van der Waals surface area (Å²) in [4.78, 5) is 26.4. The largest absolute Gasteiger partial charge is 0.376 e. The van der Waals surface area contributed by atoms with E-state index in [1.165, 1.54) is 0 Å². The zero-order valence-corrected chi connectivity index (χ0v) is 12.2. The van der Waals surface area contributed by atoms with Gasteiger partial charge in [-0.3, -0.25) is 9.59 Å². The van der Waals surface area contributed by atoms with E-state index in [4.69, 9.17) is 4.74 Å². The summed E-state index contributed by atoms with van der Waals surface area (Å²) in [5.74, 6) is -0.0111. The van der Waals surface area contributed by atoms with Crippen molar-refractivity contribution in [3.8, 4) is 0 Å².